The molecular weight excluding hydrogens is 256 g/mol. The van der Waals surface area contributed by atoms with Crippen LogP contribution in [0.15, 0.2) is 24.3 Å². The monoisotopic (exact) mass is 268 g/mol. The molecule has 0 aliphatic carbocycles. The van der Waals surface area contributed by atoms with Gasteiger partial charge in [-0.2, -0.15) is 0 Å². The lowest BCUT2D eigenvalue weighted by Crippen LogP contribution is -2.30. The van der Waals surface area contributed by atoms with E-state index in [9.17, 15) is 19.7 Å². The number of non-ortho nitro benzene ring substituents is 1. The number of hydrogen-bond donors (Lipinski definition) is 3. The van der Waals surface area contributed by atoms with Crippen LogP contribution in [0.4, 0.5) is 5.69 Å². The number of aliphatic hydroxyl groups excluding tert-OH is 1. The Balaban J connectivity index is 2.50. The molecule has 0 aliphatic heterocycles. The number of nitrogens with one attached hydrogen (secondary N) is 1. The number of nitrogens with zero attached hydrogens (tertiary/aromatic N) is 1. The van der Waals surface area contributed by atoms with Crippen molar-refractivity contribution in [2.75, 3.05) is 6.54 Å². The molecule has 0 spiro atoms. The highest BCUT2D eigenvalue weighted by atomic mass is 16.6. The standard InChI is InChI=1S/C11H12N2O6/c14-9(11(16)17)5-6-12-10(15)7-1-3-8(4-2-7)13(18)19/h1-4,9,14H,5-6H2,(H,12,15)(H,16,17). The van der Waals surface area contributed by atoms with Crippen LogP contribution in [0.2, 0.25) is 0 Å². The minimum absolute atomic E-state index is 0.0106. The van der Waals surface area contributed by atoms with Crippen LogP contribution in [0.3, 0.4) is 0 Å². The molecule has 1 unspecified atom stereocenters. The van der Waals surface area contributed by atoms with E-state index in [-0.39, 0.29) is 24.2 Å². The first kappa shape index (κ1) is 14.6. The third-order valence-corrected chi connectivity index (χ3v) is 2.33. The summed E-state index contributed by atoms with van der Waals surface area (Å²) < 4.78 is 0. The average Bonchev–Trinajstić information content (AvgIpc) is 2.38. The largest absolute Gasteiger partial charge is 0.479 e. The van der Waals surface area contributed by atoms with E-state index >= 15 is 0 Å². The van der Waals surface area contributed by atoms with E-state index < -0.39 is 22.9 Å². The quantitative estimate of drug-likeness (QED) is 0.497. The molecule has 0 bridgehead atoms. The molecule has 0 aliphatic rings. The van der Waals surface area contributed by atoms with Gasteiger partial charge in [0.25, 0.3) is 11.6 Å². The van der Waals surface area contributed by atoms with Crippen LogP contribution in [0, 0.1) is 10.1 Å². The fraction of sp³-hybridized carbons (Fsp3) is 0.273. The molecule has 1 aromatic rings. The zero-order chi connectivity index (χ0) is 14.4. The molecule has 0 radical (unpaired) electrons. The summed E-state index contributed by atoms with van der Waals surface area (Å²) in [7, 11) is 0. The Morgan fingerprint density at radius 1 is 1.32 bits per heavy atom. The number of aliphatic carboxylic acids is 1. The van der Waals surface area contributed by atoms with Gasteiger partial charge in [0.15, 0.2) is 6.10 Å². The zero-order valence-electron chi connectivity index (χ0n) is 9.78. The Labute approximate surface area is 107 Å². The summed E-state index contributed by atoms with van der Waals surface area (Å²) in [4.78, 5) is 31.7. The Morgan fingerprint density at radius 2 is 1.89 bits per heavy atom. The van der Waals surface area contributed by atoms with Crippen LogP contribution in [-0.4, -0.2) is 39.7 Å². The van der Waals surface area contributed by atoms with E-state index in [0.29, 0.717) is 0 Å². The van der Waals surface area contributed by atoms with Crippen LogP contribution in [0.5, 0.6) is 0 Å². The number of amides is 1. The number of rotatable bonds is 6. The van der Waals surface area contributed by atoms with Gasteiger partial charge < -0.3 is 15.5 Å². The van der Waals surface area contributed by atoms with Crippen molar-refractivity contribution in [1.82, 2.24) is 5.32 Å². The molecule has 0 aromatic heterocycles. The molecule has 1 atom stereocenters. The van der Waals surface area contributed by atoms with Crippen molar-refractivity contribution in [1.29, 1.82) is 0 Å². The Bertz CT molecular complexity index is 484. The molecule has 19 heavy (non-hydrogen) atoms. The summed E-state index contributed by atoms with van der Waals surface area (Å²) in [5.74, 6) is -1.85. The molecular formula is C11H12N2O6. The van der Waals surface area contributed by atoms with Gasteiger partial charge in [-0.15, -0.1) is 0 Å². The fourth-order valence-corrected chi connectivity index (χ4v) is 1.28. The van der Waals surface area contributed by atoms with Crippen LogP contribution in [0.25, 0.3) is 0 Å². The maximum atomic E-state index is 11.6. The van der Waals surface area contributed by atoms with E-state index in [0.717, 1.165) is 0 Å². The number of nitro groups is 1. The molecule has 8 nitrogen and oxygen atoms in total. The first-order chi connectivity index (χ1) is 8.91. The fourth-order valence-electron chi connectivity index (χ4n) is 1.28. The van der Waals surface area contributed by atoms with Crippen LogP contribution in [0.1, 0.15) is 16.8 Å². The van der Waals surface area contributed by atoms with E-state index in [1.165, 1.54) is 24.3 Å². The van der Waals surface area contributed by atoms with E-state index in [1.54, 1.807) is 0 Å². The van der Waals surface area contributed by atoms with Crippen molar-refractivity contribution in [2.45, 2.75) is 12.5 Å². The summed E-state index contributed by atoms with van der Waals surface area (Å²) in [5, 5.41) is 30.2. The second kappa shape index (κ2) is 6.45. The first-order valence-corrected chi connectivity index (χ1v) is 5.35. The molecule has 0 saturated carbocycles. The molecule has 0 heterocycles. The van der Waals surface area contributed by atoms with Gasteiger partial charge in [0.2, 0.25) is 0 Å². The van der Waals surface area contributed by atoms with E-state index in [4.69, 9.17) is 10.2 Å². The molecule has 1 amide bonds. The summed E-state index contributed by atoms with van der Waals surface area (Å²) >= 11 is 0. The predicted octanol–water partition coefficient (Wildman–Crippen LogP) is 0.160. The SMILES string of the molecule is O=C(NCCC(O)C(=O)O)c1ccc([N+](=O)[O-])cc1. The Kier molecular flexibility index (Phi) is 4.95. The van der Waals surface area contributed by atoms with Crippen molar-refractivity contribution in [3.05, 3.63) is 39.9 Å². The molecule has 102 valence electrons. The first-order valence-electron chi connectivity index (χ1n) is 5.35. The number of aliphatic hydroxyl groups is 1. The predicted molar refractivity (Wildman–Crippen MR) is 63.7 cm³/mol. The van der Waals surface area contributed by atoms with E-state index in [2.05, 4.69) is 5.32 Å². The maximum absolute atomic E-state index is 11.6. The van der Waals surface area contributed by atoms with Gasteiger partial charge in [0.1, 0.15) is 0 Å². The molecule has 1 rings (SSSR count). The third-order valence-electron chi connectivity index (χ3n) is 2.33. The smallest absolute Gasteiger partial charge is 0.332 e. The molecule has 8 heteroatoms. The van der Waals surface area contributed by atoms with Gasteiger partial charge in [0, 0.05) is 30.7 Å². The summed E-state index contributed by atoms with van der Waals surface area (Å²) in [6.45, 7) is -0.0106. The highest BCUT2D eigenvalue weighted by molar-refractivity contribution is 5.94. The lowest BCUT2D eigenvalue weighted by molar-refractivity contribution is -0.384. The van der Waals surface area contributed by atoms with Crippen molar-refractivity contribution in [3.63, 3.8) is 0 Å². The molecule has 0 saturated heterocycles. The van der Waals surface area contributed by atoms with Crippen LogP contribution >= 0.6 is 0 Å². The minimum Gasteiger partial charge on any atom is -0.479 e. The summed E-state index contributed by atoms with van der Waals surface area (Å²) in [6.07, 6.45) is -1.65. The second-order valence-electron chi connectivity index (χ2n) is 3.70. The van der Waals surface area contributed by atoms with Crippen molar-refractivity contribution in [3.8, 4) is 0 Å². The topological polar surface area (TPSA) is 130 Å². The number of carbonyl (C=O) groups is 2. The van der Waals surface area contributed by atoms with Gasteiger partial charge in [-0.05, 0) is 12.1 Å². The number of nitro benzene ring substituents is 1. The van der Waals surface area contributed by atoms with Gasteiger partial charge in [-0.1, -0.05) is 0 Å². The average molecular weight is 268 g/mol. The lowest BCUT2D eigenvalue weighted by atomic mass is 10.2. The van der Waals surface area contributed by atoms with Gasteiger partial charge in [-0.25, -0.2) is 4.79 Å². The number of carbonyl (C=O) groups excluding carboxylic acids is 1. The summed E-state index contributed by atoms with van der Waals surface area (Å²) in [6, 6.07) is 4.98. The van der Waals surface area contributed by atoms with Crippen LogP contribution in [-0.2, 0) is 4.79 Å². The van der Waals surface area contributed by atoms with Gasteiger partial charge >= 0.3 is 5.97 Å². The van der Waals surface area contributed by atoms with Gasteiger partial charge in [0.05, 0.1) is 4.92 Å². The van der Waals surface area contributed by atoms with Crippen molar-refractivity contribution in [2.24, 2.45) is 0 Å². The third kappa shape index (κ3) is 4.36. The van der Waals surface area contributed by atoms with E-state index in [1.807, 2.05) is 0 Å². The van der Waals surface area contributed by atoms with Crippen LogP contribution < -0.4 is 5.32 Å². The molecule has 0 fully saturated rings. The Hall–Kier alpha value is -2.48. The second-order valence-corrected chi connectivity index (χ2v) is 3.70. The number of hydrogen-bond acceptors (Lipinski definition) is 5. The summed E-state index contributed by atoms with van der Waals surface area (Å²) in [5.41, 5.74) is 0.0910. The van der Waals surface area contributed by atoms with Crippen molar-refractivity contribution < 1.29 is 24.7 Å². The highest BCUT2D eigenvalue weighted by Gasteiger charge is 2.14. The minimum atomic E-state index is -1.53. The highest BCUT2D eigenvalue weighted by Crippen LogP contribution is 2.11. The maximum Gasteiger partial charge on any atom is 0.332 e. The van der Waals surface area contributed by atoms with Crippen molar-refractivity contribution >= 4 is 17.6 Å². The lowest BCUT2D eigenvalue weighted by Gasteiger charge is -2.07. The number of carboxylic acid groups (broad SMARTS) is 1. The Morgan fingerprint density at radius 3 is 2.37 bits per heavy atom. The number of benzene rings is 1. The van der Waals surface area contributed by atoms with Gasteiger partial charge in [-0.3, -0.25) is 14.9 Å². The zero-order valence-corrected chi connectivity index (χ0v) is 9.78. The molecule has 3 N–H and O–H groups in total. The normalized spacial score (nSPS) is 11.6. The number of carboxylic acids is 1. The molecule has 1 aromatic carbocycles.